The first-order valence-corrected chi connectivity index (χ1v) is 38.2. The largest absolute Gasteiger partial charge is 0.534 e. The highest BCUT2D eigenvalue weighted by Gasteiger charge is 2.27. The zero-order valence-corrected chi connectivity index (χ0v) is 65.8. The molecule has 0 bridgehead atoms. The number of methoxy groups -OCH3 is 1. The molecular weight excluding hydrogens is 1420 g/mol. The van der Waals surface area contributed by atoms with Crippen LogP contribution in [0.1, 0.15) is 214 Å². The van der Waals surface area contributed by atoms with Crippen LogP contribution in [0.4, 0.5) is 4.79 Å². The minimum absolute atomic E-state index is 0.143. The molecule has 8 aromatic carbocycles. The van der Waals surface area contributed by atoms with Crippen LogP contribution in [0.2, 0.25) is 0 Å². The van der Waals surface area contributed by atoms with Gasteiger partial charge in [0.15, 0.2) is 11.5 Å². The summed E-state index contributed by atoms with van der Waals surface area (Å²) in [6.45, 7) is 19.1. The van der Waals surface area contributed by atoms with Crippen molar-refractivity contribution in [2.75, 3.05) is 13.9 Å². The highest BCUT2D eigenvalue weighted by atomic mass is 16.8. The van der Waals surface area contributed by atoms with Gasteiger partial charge in [0.2, 0.25) is 6.79 Å². The quantitative estimate of drug-likeness (QED) is 0.0700. The third kappa shape index (κ3) is 23.8. The van der Waals surface area contributed by atoms with Gasteiger partial charge in [-0.1, -0.05) is 194 Å². The number of rotatable bonds is 10. The zero-order valence-electron chi connectivity index (χ0n) is 65.8. The smallest absolute Gasteiger partial charge is 0.454 e. The standard InChI is InChI=1S/C19H19NO2.C18H17NO2.C15H19NO2.C14H17NO2.C13H15NO3.C12H11NO4/c1-14-10-11-17-16(12-14)8-5-9-18(17)20-22-19(21)13-15-6-3-2-4-7-15;1-13-10-11-16-15(12-13)8-5-9-17(16)19-21-18(20)14-6-3-2-4-7-14;1-10(2)15(17)18-16-14-6-4-5-12-9-11(3)7-8-13(12)14;1-9-7-12-5-4-6-14(15-17-11(3)16)13(12)8-10(9)2;1-9-6-7-11-10(8-9)4-3-5-12(11)14-17-13(15)16-2;1-7(14)17-13-10-3-2-8-4-11-12(5-9(8)10)16-6-15-11/h2-4,6-7,10-12H,5,8-9,13H2,1H3;2-4,6-7,10-12H,5,8-9H2,1H3;7-10H,4-6H2,1-3H3;7-8H,4-6H2,1-3H3;6-8H,3-5H2,1-2H3;4-5H,2-3,6H2,1H3/b20-18+;19-17+;16-14+;15-14+;14-12+;13-10+. The van der Waals surface area contributed by atoms with Crippen molar-refractivity contribution in [3.05, 3.63) is 269 Å². The molecular formula is C91H98N6O15. The molecule has 0 fully saturated rings. The molecule has 0 radical (unpaired) electrons. The highest BCUT2D eigenvalue weighted by molar-refractivity contribution is 6.07. The molecule has 8 aromatic rings. The fourth-order valence-electron chi connectivity index (χ4n) is 13.7. The lowest BCUT2D eigenvalue weighted by Gasteiger charge is -2.19. The minimum atomic E-state index is -0.781. The van der Waals surface area contributed by atoms with E-state index in [0.29, 0.717) is 5.56 Å². The van der Waals surface area contributed by atoms with E-state index in [1.54, 1.807) is 26.0 Å². The molecule has 0 saturated carbocycles. The lowest BCUT2D eigenvalue weighted by Crippen LogP contribution is -2.15. The van der Waals surface area contributed by atoms with Crippen molar-refractivity contribution in [2.45, 2.75) is 185 Å². The summed E-state index contributed by atoms with van der Waals surface area (Å²) in [5, 5.41) is 23.9. The van der Waals surface area contributed by atoms with Gasteiger partial charge < -0.3 is 38.4 Å². The Morgan fingerprint density at radius 3 is 1.18 bits per heavy atom. The maximum absolute atomic E-state index is 11.9. The van der Waals surface area contributed by atoms with Crippen molar-refractivity contribution in [3.8, 4) is 11.5 Å². The zero-order chi connectivity index (χ0) is 79.6. The summed E-state index contributed by atoms with van der Waals surface area (Å²) in [5.74, 6) is -0.434. The second kappa shape index (κ2) is 40.6. The first kappa shape index (κ1) is 82.5. The highest BCUT2D eigenvalue weighted by Crippen LogP contribution is 2.39. The molecule has 0 saturated heterocycles. The monoisotopic (exact) mass is 1510 g/mol. The number of carbonyl (C=O) groups is 6. The van der Waals surface area contributed by atoms with Gasteiger partial charge in [0.1, 0.15) is 0 Å². The Bertz CT molecular complexity index is 4940. The molecule has 112 heavy (non-hydrogen) atoms. The van der Waals surface area contributed by atoms with Crippen molar-refractivity contribution in [1.29, 1.82) is 0 Å². The van der Waals surface area contributed by atoms with Crippen LogP contribution in [0.15, 0.2) is 189 Å². The molecule has 0 N–H and O–H groups in total. The Hall–Kier alpha value is -12.0. The second-order valence-corrected chi connectivity index (χ2v) is 28.7. The minimum Gasteiger partial charge on any atom is -0.454 e. The van der Waals surface area contributed by atoms with Crippen molar-refractivity contribution in [2.24, 2.45) is 36.9 Å². The van der Waals surface area contributed by atoms with E-state index in [9.17, 15) is 28.8 Å². The van der Waals surface area contributed by atoms with E-state index >= 15 is 0 Å². The molecule has 0 atom stereocenters. The van der Waals surface area contributed by atoms with Gasteiger partial charge in [-0.2, -0.15) is 0 Å². The lowest BCUT2D eigenvalue weighted by atomic mass is 9.87. The van der Waals surface area contributed by atoms with Gasteiger partial charge in [-0.3, -0.25) is 4.84 Å². The Balaban J connectivity index is 0.000000143. The van der Waals surface area contributed by atoms with Crippen LogP contribution < -0.4 is 9.47 Å². The number of benzene rings is 8. The van der Waals surface area contributed by atoms with Crippen molar-refractivity contribution in [3.63, 3.8) is 0 Å². The first-order chi connectivity index (χ1) is 54.0. The van der Waals surface area contributed by atoms with Crippen LogP contribution in [-0.2, 0) is 97.9 Å². The van der Waals surface area contributed by atoms with E-state index in [1.807, 2.05) is 72.8 Å². The van der Waals surface area contributed by atoms with Crippen molar-refractivity contribution < 1.29 is 72.0 Å². The van der Waals surface area contributed by atoms with Gasteiger partial charge in [0, 0.05) is 47.2 Å². The second-order valence-electron chi connectivity index (χ2n) is 28.7. The Morgan fingerprint density at radius 2 is 0.732 bits per heavy atom. The van der Waals surface area contributed by atoms with Gasteiger partial charge in [-0.25, -0.2) is 28.8 Å². The number of ether oxygens (including phenoxy) is 3. The van der Waals surface area contributed by atoms with Crippen molar-refractivity contribution in [1.82, 2.24) is 0 Å². The number of oxime groups is 6. The summed E-state index contributed by atoms with van der Waals surface area (Å²) in [6, 6.07) is 51.9. The maximum atomic E-state index is 11.9. The number of hydrogen-bond donors (Lipinski definition) is 0. The molecule has 21 heteroatoms. The third-order valence-corrected chi connectivity index (χ3v) is 19.5. The third-order valence-electron chi connectivity index (χ3n) is 19.5. The molecule has 15 rings (SSSR count). The SMILES string of the molecule is CC(=O)O/N=C1\CCCc2cc(C)c(C)cc21.CC(=O)O/N=C1\CCc2cc3c(cc21)OCO3.COC(=O)O/N=C1\CCCc2cc(C)ccc21.Cc1ccc2c(c1)CCC/C2=N\OC(=O)C(C)C.Cc1ccc2c(c1)CCC/C2=N\OC(=O)Cc1ccccc1.Cc1ccc2c(c1)CCC/C2=N\OC(=O)c1ccccc1. The van der Waals surface area contributed by atoms with Crippen molar-refractivity contribution >= 4 is 70.3 Å². The predicted molar refractivity (Wildman–Crippen MR) is 431 cm³/mol. The first-order valence-electron chi connectivity index (χ1n) is 38.2. The number of hydrogen-bond acceptors (Lipinski definition) is 21. The van der Waals surface area contributed by atoms with Crippen LogP contribution in [0.5, 0.6) is 11.5 Å². The average Bonchev–Trinajstić information content (AvgIpc) is 1.74. The summed E-state index contributed by atoms with van der Waals surface area (Å²) in [7, 11) is 1.26. The molecule has 21 nitrogen and oxygen atoms in total. The lowest BCUT2D eigenvalue weighted by molar-refractivity contribution is -0.147. The fourth-order valence-corrected chi connectivity index (χ4v) is 13.7. The summed E-state index contributed by atoms with van der Waals surface area (Å²) in [5.41, 5.74) is 28.3. The van der Waals surface area contributed by atoms with E-state index < -0.39 is 18.1 Å². The molecule has 6 aliphatic carbocycles. The normalized spacial score (nSPS) is 16.5. The molecule has 0 spiro atoms. The molecule has 582 valence electrons. The average molecular weight is 1520 g/mol. The number of aryl methyl sites for hydroxylation is 12. The molecule has 1 heterocycles. The van der Waals surface area contributed by atoms with Crippen LogP contribution >= 0.6 is 0 Å². The summed E-state index contributed by atoms with van der Waals surface area (Å²) in [4.78, 5) is 96.9. The molecule has 0 amide bonds. The van der Waals surface area contributed by atoms with Crippen LogP contribution in [-0.4, -0.2) is 84.2 Å². The molecule has 1 aliphatic heterocycles. The number of fused-ring (bicyclic) bond motifs is 7. The maximum Gasteiger partial charge on any atom is 0.534 e. The molecule has 0 aromatic heterocycles. The van der Waals surface area contributed by atoms with Crippen LogP contribution in [0.25, 0.3) is 0 Å². The topological polar surface area (TPSA) is 260 Å². The van der Waals surface area contributed by atoms with Gasteiger partial charge in [0.25, 0.3) is 0 Å². The van der Waals surface area contributed by atoms with E-state index in [-0.39, 0.29) is 37.0 Å². The van der Waals surface area contributed by atoms with Gasteiger partial charge in [0.05, 0.1) is 59.3 Å². The summed E-state index contributed by atoms with van der Waals surface area (Å²) >= 11 is 0. The Kier molecular flexibility index (Phi) is 29.9. The van der Waals surface area contributed by atoms with E-state index in [4.69, 9.17) is 28.8 Å². The number of carbonyl (C=O) groups excluding carboxylic acids is 6. The summed E-state index contributed by atoms with van der Waals surface area (Å²) < 4.78 is 15.0. The van der Waals surface area contributed by atoms with Gasteiger partial charge in [-0.05, 0) is 231 Å². The van der Waals surface area contributed by atoms with E-state index in [2.05, 4.69) is 160 Å². The summed E-state index contributed by atoms with van der Waals surface area (Å²) in [6.07, 6.45) is 16.0. The van der Waals surface area contributed by atoms with Crippen LogP contribution in [0, 0.1) is 47.5 Å². The van der Waals surface area contributed by atoms with Gasteiger partial charge in [-0.15, -0.1) is 0 Å². The van der Waals surface area contributed by atoms with E-state index in [0.717, 1.165) is 199 Å². The fraction of sp³-hybridized carbons (Fsp3) is 0.341. The molecule has 0 unspecified atom stereocenters. The number of nitrogens with zero attached hydrogens (tertiary/aromatic N) is 6. The van der Waals surface area contributed by atoms with Gasteiger partial charge >= 0.3 is 36.0 Å². The van der Waals surface area contributed by atoms with E-state index in [1.165, 1.54) is 82.2 Å². The van der Waals surface area contributed by atoms with Crippen LogP contribution in [0.3, 0.4) is 0 Å². The Morgan fingerprint density at radius 1 is 0.366 bits per heavy atom. The predicted octanol–water partition coefficient (Wildman–Crippen LogP) is 18.3. The Labute approximate surface area is 655 Å². The molecule has 7 aliphatic rings.